The normalized spacial score (nSPS) is 11.8. The van der Waals surface area contributed by atoms with Crippen LogP contribution in [0.2, 0.25) is 0 Å². The van der Waals surface area contributed by atoms with E-state index in [0.717, 1.165) is 48.0 Å². The van der Waals surface area contributed by atoms with Crippen molar-refractivity contribution >= 4 is 53.1 Å². The van der Waals surface area contributed by atoms with E-state index in [1.807, 2.05) is 16.7 Å². The Morgan fingerprint density at radius 3 is 2.65 bits per heavy atom. The molecule has 0 unspecified atom stereocenters. The average molecular weight is 634 g/mol. The largest absolute Gasteiger partial charge is 0.524 e. The van der Waals surface area contributed by atoms with Crippen molar-refractivity contribution in [2.45, 2.75) is 52.0 Å². The van der Waals surface area contributed by atoms with Crippen LogP contribution in [0.25, 0.3) is 21.9 Å². The van der Waals surface area contributed by atoms with E-state index in [9.17, 15) is 24.3 Å². The molecule has 0 bridgehead atoms. The number of phenolic OH excluding ortho intramolecular Hbond substituents is 1. The van der Waals surface area contributed by atoms with E-state index in [1.165, 1.54) is 6.07 Å². The number of aromatic nitrogens is 3. The molecule has 232 valence electrons. The number of rotatable bonds is 16. The number of alkyl halides is 1. The Labute approximate surface area is 254 Å². The first-order valence-corrected chi connectivity index (χ1v) is 16.2. The van der Waals surface area contributed by atoms with Crippen molar-refractivity contribution in [2.24, 2.45) is 0 Å². The van der Waals surface area contributed by atoms with Crippen LogP contribution in [0.3, 0.4) is 0 Å². The van der Waals surface area contributed by atoms with Crippen LogP contribution in [0.4, 0.5) is 5.82 Å². The van der Waals surface area contributed by atoms with Crippen LogP contribution in [0.15, 0.2) is 36.4 Å². The summed E-state index contributed by atoms with van der Waals surface area (Å²) in [7, 11) is -4.94. The Morgan fingerprint density at radius 2 is 1.91 bits per heavy atom. The minimum absolute atomic E-state index is 0.0518. The van der Waals surface area contributed by atoms with Gasteiger partial charge in [-0.25, -0.2) is 14.5 Å². The van der Waals surface area contributed by atoms with Crippen molar-refractivity contribution < 1.29 is 33.5 Å². The van der Waals surface area contributed by atoms with Crippen molar-refractivity contribution in [1.82, 2.24) is 19.9 Å². The molecule has 0 fully saturated rings. The van der Waals surface area contributed by atoms with Crippen molar-refractivity contribution in [3.8, 4) is 11.5 Å². The third-order valence-electron chi connectivity index (χ3n) is 6.88. The predicted octanol–water partition coefficient (Wildman–Crippen LogP) is 4.43. The minimum Gasteiger partial charge on any atom is -0.504 e. The molecule has 14 heteroatoms. The first kappa shape index (κ1) is 32.5. The summed E-state index contributed by atoms with van der Waals surface area (Å²) in [5.41, 5.74) is 9.80. The number of carbonyl (C=O) groups is 1. The molecule has 6 N–H and O–H groups in total. The van der Waals surface area contributed by atoms with Gasteiger partial charge in [0.15, 0.2) is 17.3 Å². The molecule has 2 aromatic carbocycles. The van der Waals surface area contributed by atoms with Gasteiger partial charge in [-0.15, -0.1) is 11.6 Å². The first-order chi connectivity index (χ1) is 20.6. The highest BCUT2D eigenvalue weighted by atomic mass is 35.5. The zero-order valence-electron chi connectivity index (χ0n) is 24.0. The van der Waals surface area contributed by atoms with E-state index < -0.39 is 7.82 Å². The number of carbonyl (C=O) groups excluding carboxylic acids is 1. The summed E-state index contributed by atoms with van der Waals surface area (Å²) in [4.78, 5) is 39.6. The number of anilines is 1. The summed E-state index contributed by atoms with van der Waals surface area (Å²) in [6, 6.07) is 10.5. The fourth-order valence-electron chi connectivity index (χ4n) is 4.88. The number of fused-ring (bicyclic) bond motifs is 3. The Bertz CT molecular complexity index is 1620. The number of imidazole rings is 1. The van der Waals surface area contributed by atoms with E-state index in [4.69, 9.17) is 31.6 Å². The van der Waals surface area contributed by atoms with Gasteiger partial charge >= 0.3 is 7.82 Å². The number of phenols is 1. The van der Waals surface area contributed by atoms with Crippen LogP contribution in [0.5, 0.6) is 11.5 Å². The number of aromatic hydroxyl groups is 1. The Hall–Kier alpha value is -3.41. The summed E-state index contributed by atoms with van der Waals surface area (Å²) < 4.78 is 24.2. The standard InChI is InChI=1S/C29H37ClN5O7P/c1-2-3-10-24-34-26-27(35(24)18-20-8-4-9-23(36)28(20)42-43(38,39)40)21-16-19(11-12-22(21)33-29(26)31)7-5-14-41-15-6-13-32-25(37)17-30/h4,8-9,11-12,16,36H,2-3,5-7,10,13-15,17-18H2,1H3,(H2,31,33)(H,32,37)(H2,38,39,40). The maximum absolute atomic E-state index is 11.7. The minimum atomic E-state index is -4.94. The summed E-state index contributed by atoms with van der Waals surface area (Å²) in [5.74, 6) is 0.112. The Kier molecular flexibility index (Phi) is 11.2. The maximum atomic E-state index is 11.7. The number of phosphoric acid groups is 1. The Morgan fingerprint density at radius 1 is 1.12 bits per heavy atom. The highest BCUT2D eigenvalue weighted by molar-refractivity contribution is 7.46. The van der Waals surface area contributed by atoms with Crippen LogP contribution >= 0.6 is 19.4 Å². The molecule has 0 radical (unpaired) electrons. The SMILES string of the molecule is CCCCc1nc2c(N)nc3ccc(CCCOCCCNC(=O)CCl)cc3c2n1Cc1cccc(O)c1OP(=O)(O)O. The summed E-state index contributed by atoms with van der Waals surface area (Å²) in [6.45, 7) is 3.82. The molecule has 0 aliphatic carbocycles. The summed E-state index contributed by atoms with van der Waals surface area (Å²) >= 11 is 5.47. The quantitative estimate of drug-likeness (QED) is 0.0672. The molecule has 4 rings (SSSR count). The number of hydrogen-bond acceptors (Lipinski definition) is 8. The summed E-state index contributed by atoms with van der Waals surface area (Å²) in [5, 5.41) is 13.9. The zero-order chi connectivity index (χ0) is 31.0. The van der Waals surface area contributed by atoms with Gasteiger partial charge in [0, 0.05) is 37.1 Å². The van der Waals surface area contributed by atoms with Gasteiger partial charge in [0.2, 0.25) is 5.91 Å². The van der Waals surface area contributed by atoms with Crippen molar-refractivity contribution in [1.29, 1.82) is 0 Å². The number of amides is 1. The topological polar surface area (TPSA) is 182 Å². The van der Waals surface area contributed by atoms with Gasteiger partial charge in [-0.3, -0.25) is 14.6 Å². The third-order valence-corrected chi connectivity index (χ3v) is 7.54. The number of nitrogens with one attached hydrogen (secondary N) is 1. The van der Waals surface area contributed by atoms with Crippen LogP contribution in [-0.2, 0) is 33.5 Å². The van der Waals surface area contributed by atoms with Crippen LogP contribution < -0.4 is 15.6 Å². The van der Waals surface area contributed by atoms with E-state index in [2.05, 4.69) is 23.3 Å². The number of halogens is 1. The molecule has 0 atom stereocenters. The number of benzene rings is 2. The molecule has 0 aliphatic rings. The lowest BCUT2D eigenvalue weighted by Gasteiger charge is -2.16. The molecule has 0 saturated heterocycles. The molecule has 12 nitrogen and oxygen atoms in total. The molecular weight excluding hydrogens is 597 g/mol. The molecule has 2 heterocycles. The number of ether oxygens (including phenoxy) is 1. The molecule has 4 aromatic rings. The van der Waals surface area contributed by atoms with E-state index >= 15 is 0 Å². The zero-order valence-corrected chi connectivity index (χ0v) is 25.6. The van der Waals surface area contributed by atoms with Crippen LogP contribution in [-0.4, -0.2) is 61.0 Å². The predicted molar refractivity (Wildman–Crippen MR) is 165 cm³/mol. The number of unbranched alkanes of at least 4 members (excludes halogenated alkanes) is 1. The molecule has 1 amide bonds. The van der Waals surface area contributed by atoms with Gasteiger partial charge in [-0.2, -0.15) is 0 Å². The second-order valence-electron chi connectivity index (χ2n) is 10.2. The van der Waals surface area contributed by atoms with Crippen molar-refractivity contribution in [3.63, 3.8) is 0 Å². The van der Waals surface area contributed by atoms with Gasteiger partial charge < -0.3 is 30.0 Å². The van der Waals surface area contributed by atoms with E-state index in [-0.39, 0.29) is 35.6 Å². The number of aryl methyl sites for hydroxylation is 2. The number of nitrogen functional groups attached to an aromatic ring is 1. The summed E-state index contributed by atoms with van der Waals surface area (Å²) in [6.07, 6.45) is 4.70. The number of para-hydroxylation sites is 1. The average Bonchev–Trinajstić information content (AvgIpc) is 3.33. The van der Waals surface area contributed by atoms with Crippen molar-refractivity contribution in [2.75, 3.05) is 31.4 Å². The van der Waals surface area contributed by atoms with Gasteiger partial charge in [-0.1, -0.05) is 31.5 Å². The molecule has 0 saturated carbocycles. The second-order valence-corrected chi connectivity index (χ2v) is 11.6. The molecular formula is C29H37ClN5O7P. The highest BCUT2D eigenvalue weighted by Gasteiger charge is 2.24. The second kappa shape index (κ2) is 14.9. The van der Waals surface area contributed by atoms with Gasteiger partial charge in [0.25, 0.3) is 0 Å². The molecule has 43 heavy (non-hydrogen) atoms. The van der Waals surface area contributed by atoms with Gasteiger partial charge in [0.1, 0.15) is 17.2 Å². The maximum Gasteiger partial charge on any atom is 0.524 e. The first-order valence-electron chi connectivity index (χ1n) is 14.1. The number of pyridine rings is 1. The number of nitrogens with zero attached hydrogens (tertiary/aromatic N) is 3. The van der Waals surface area contributed by atoms with Gasteiger partial charge in [0.05, 0.1) is 17.6 Å². The number of nitrogens with two attached hydrogens (primary N) is 1. The monoisotopic (exact) mass is 633 g/mol. The fraction of sp³-hybridized carbons (Fsp3) is 0.414. The van der Waals surface area contributed by atoms with Gasteiger partial charge in [-0.05, 0) is 49.4 Å². The lowest BCUT2D eigenvalue weighted by atomic mass is 10.1. The number of hydrogen-bond donors (Lipinski definition) is 5. The van der Waals surface area contributed by atoms with Crippen LogP contribution in [0.1, 0.15) is 49.6 Å². The lowest BCUT2D eigenvalue weighted by Crippen LogP contribution is -2.26. The number of phosphoric ester groups is 1. The van der Waals surface area contributed by atoms with E-state index in [1.54, 1.807) is 12.1 Å². The molecule has 0 aliphatic heterocycles. The smallest absolute Gasteiger partial charge is 0.504 e. The Balaban J connectivity index is 1.63. The molecule has 2 aromatic heterocycles. The van der Waals surface area contributed by atoms with Crippen LogP contribution in [0, 0.1) is 0 Å². The molecule has 0 spiro atoms. The van der Waals surface area contributed by atoms with E-state index in [0.29, 0.717) is 49.2 Å². The lowest BCUT2D eigenvalue weighted by molar-refractivity contribution is -0.118. The fourth-order valence-corrected chi connectivity index (χ4v) is 5.42. The van der Waals surface area contributed by atoms with Crippen molar-refractivity contribution in [3.05, 3.63) is 53.3 Å². The highest BCUT2D eigenvalue weighted by Crippen LogP contribution is 2.44. The third kappa shape index (κ3) is 8.58.